The van der Waals surface area contributed by atoms with Crippen LogP contribution in [0, 0.1) is 29.1 Å². The Balaban J connectivity index is 1.74. The van der Waals surface area contributed by atoms with Crippen molar-refractivity contribution in [3.05, 3.63) is 53.6 Å². The Morgan fingerprint density at radius 1 is 1.07 bits per heavy atom. The first-order valence-electron chi connectivity index (χ1n) is 10.2. The predicted octanol–water partition coefficient (Wildman–Crippen LogP) is 5.91. The molecule has 0 unspecified atom stereocenters. The Labute approximate surface area is 169 Å². The zero-order chi connectivity index (χ0) is 20.4. The molecule has 3 nitrogen and oxygen atoms in total. The fraction of sp³-hybridized carbons (Fsp3) is 0.480. The lowest BCUT2D eigenvalue weighted by molar-refractivity contribution is 0.00705. The molecule has 0 aliphatic carbocycles. The summed E-state index contributed by atoms with van der Waals surface area (Å²) in [5, 5.41) is 20.1. The highest BCUT2D eigenvalue weighted by molar-refractivity contribution is 5.72. The van der Waals surface area contributed by atoms with Crippen LogP contribution >= 0.6 is 0 Å². The zero-order valence-electron chi connectivity index (χ0n) is 17.6. The van der Waals surface area contributed by atoms with Crippen LogP contribution in [0.25, 0.3) is 11.1 Å². The van der Waals surface area contributed by atoms with Crippen LogP contribution < -0.4 is 0 Å². The fourth-order valence-corrected chi connectivity index (χ4v) is 4.49. The summed E-state index contributed by atoms with van der Waals surface area (Å²) in [7, 11) is 0. The van der Waals surface area contributed by atoms with Crippen molar-refractivity contribution in [2.45, 2.75) is 53.5 Å². The number of hydrogen-bond acceptors (Lipinski definition) is 3. The van der Waals surface area contributed by atoms with Crippen molar-refractivity contribution < 1.29 is 5.11 Å². The van der Waals surface area contributed by atoms with E-state index in [1.807, 2.05) is 43.3 Å². The molecule has 0 spiro atoms. The summed E-state index contributed by atoms with van der Waals surface area (Å²) >= 11 is 0. The molecule has 1 N–H and O–H groups in total. The van der Waals surface area contributed by atoms with E-state index in [0.717, 1.165) is 49.2 Å². The number of piperidine rings is 1. The fourth-order valence-electron chi connectivity index (χ4n) is 4.49. The minimum atomic E-state index is 0.104. The second kappa shape index (κ2) is 7.97. The van der Waals surface area contributed by atoms with E-state index in [0.29, 0.717) is 12.2 Å². The second-order valence-electron chi connectivity index (χ2n) is 9.25. The van der Waals surface area contributed by atoms with E-state index in [4.69, 9.17) is 0 Å². The Kier molecular flexibility index (Phi) is 5.82. The summed E-state index contributed by atoms with van der Waals surface area (Å²) in [5.74, 6) is 0.384. The van der Waals surface area contributed by atoms with Gasteiger partial charge >= 0.3 is 0 Å². The molecule has 2 aromatic carbocycles. The maximum Gasteiger partial charge on any atom is 0.126 e. The SMILES string of the molecule is Cc1c(CN2CCC(CC#N)(C(C)(C)C)CC2)ccc(-c2ccccc2)c1O. The lowest BCUT2D eigenvalue weighted by Crippen LogP contribution is -2.46. The molecule has 3 rings (SSSR count). The Bertz CT molecular complexity index is 851. The highest BCUT2D eigenvalue weighted by Gasteiger charge is 2.43. The van der Waals surface area contributed by atoms with Crippen LogP contribution in [0.4, 0.5) is 0 Å². The van der Waals surface area contributed by atoms with Crippen LogP contribution in [0.2, 0.25) is 0 Å². The zero-order valence-corrected chi connectivity index (χ0v) is 17.6. The van der Waals surface area contributed by atoms with Gasteiger partial charge in [-0.05, 0) is 60.4 Å². The highest BCUT2D eigenvalue weighted by atomic mass is 16.3. The molecule has 0 bridgehead atoms. The number of phenols is 1. The summed E-state index contributed by atoms with van der Waals surface area (Å²) in [6.45, 7) is 11.7. The molecular formula is C25H32N2O. The average molecular weight is 377 g/mol. The van der Waals surface area contributed by atoms with Crippen LogP contribution in [-0.2, 0) is 6.54 Å². The Morgan fingerprint density at radius 2 is 1.71 bits per heavy atom. The topological polar surface area (TPSA) is 47.3 Å². The quantitative estimate of drug-likeness (QED) is 0.721. The largest absolute Gasteiger partial charge is 0.507 e. The third kappa shape index (κ3) is 3.93. The molecule has 0 atom stereocenters. The first-order valence-corrected chi connectivity index (χ1v) is 10.2. The number of phenolic OH excluding ortho intramolecular Hbond substituents is 1. The first-order chi connectivity index (χ1) is 13.3. The van der Waals surface area contributed by atoms with Crippen LogP contribution in [0.15, 0.2) is 42.5 Å². The van der Waals surface area contributed by atoms with E-state index in [2.05, 4.69) is 37.8 Å². The lowest BCUT2D eigenvalue weighted by atomic mass is 9.60. The van der Waals surface area contributed by atoms with E-state index < -0.39 is 0 Å². The molecule has 1 aliphatic heterocycles. The summed E-state index contributed by atoms with van der Waals surface area (Å²) < 4.78 is 0. The second-order valence-corrected chi connectivity index (χ2v) is 9.25. The van der Waals surface area contributed by atoms with Crippen molar-refractivity contribution >= 4 is 0 Å². The van der Waals surface area contributed by atoms with Crippen molar-refractivity contribution in [3.63, 3.8) is 0 Å². The molecule has 3 heteroatoms. The molecule has 0 saturated carbocycles. The van der Waals surface area contributed by atoms with Crippen molar-refractivity contribution in [1.29, 1.82) is 5.26 Å². The number of aromatic hydroxyl groups is 1. The van der Waals surface area contributed by atoms with Gasteiger partial charge in [0.15, 0.2) is 0 Å². The first kappa shape index (κ1) is 20.4. The van der Waals surface area contributed by atoms with Crippen LogP contribution in [0.3, 0.4) is 0 Å². The van der Waals surface area contributed by atoms with Gasteiger partial charge in [0, 0.05) is 18.5 Å². The van der Waals surface area contributed by atoms with Crippen molar-refractivity contribution in [2.24, 2.45) is 10.8 Å². The normalized spacial score (nSPS) is 17.2. The highest BCUT2D eigenvalue weighted by Crippen LogP contribution is 2.49. The number of hydrogen-bond donors (Lipinski definition) is 1. The maximum absolute atomic E-state index is 10.8. The van der Waals surface area contributed by atoms with Crippen molar-refractivity contribution in [3.8, 4) is 22.9 Å². The van der Waals surface area contributed by atoms with Crippen molar-refractivity contribution in [1.82, 2.24) is 4.90 Å². The smallest absolute Gasteiger partial charge is 0.126 e. The summed E-state index contributed by atoms with van der Waals surface area (Å²) in [5.41, 5.74) is 4.32. The minimum absolute atomic E-state index is 0.104. The van der Waals surface area contributed by atoms with E-state index in [9.17, 15) is 10.4 Å². The number of rotatable bonds is 4. The molecule has 0 radical (unpaired) electrons. The molecule has 28 heavy (non-hydrogen) atoms. The monoisotopic (exact) mass is 376 g/mol. The number of nitriles is 1. The molecule has 1 heterocycles. The van der Waals surface area contributed by atoms with Gasteiger partial charge in [-0.25, -0.2) is 0 Å². The van der Waals surface area contributed by atoms with Gasteiger partial charge in [0.05, 0.1) is 6.07 Å². The Morgan fingerprint density at radius 3 is 2.29 bits per heavy atom. The number of nitrogens with zero attached hydrogens (tertiary/aromatic N) is 2. The van der Waals surface area contributed by atoms with Gasteiger partial charge in [-0.2, -0.15) is 5.26 Å². The summed E-state index contributed by atoms with van der Waals surface area (Å²) in [6.07, 6.45) is 2.74. The predicted molar refractivity (Wildman–Crippen MR) is 115 cm³/mol. The molecule has 0 amide bonds. The molecule has 1 saturated heterocycles. The number of likely N-dealkylation sites (tertiary alicyclic amines) is 1. The van der Waals surface area contributed by atoms with Gasteiger partial charge in [0.2, 0.25) is 0 Å². The van der Waals surface area contributed by atoms with E-state index in [-0.39, 0.29) is 10.8 Å². The molecule has 1 aliphatic rings. The van der Waals surface area contributed by atoms with E-state index in [1.54, 1.807) is 0 Å². The third-order valence-electron chi connectivity index (χ3n) is 6.84. The maximum atomic E-state index is 10.8. The third-order valence-corrected chi connectivity index (χ3v) is 6.84. The van der Waals surface area contributed by atoms with Crippen molar-refractivity contribution in [2.75, 3.05) is 13.1 Å². The summed E-state index contributed by atoms with van der Waals surface area (Å²) in [6, 6.07) is 16.7. The van der Waals surface area contributed by atoms with Gasteiger partial charge in [-0.1, -0.05) is 63.2 Å². The van der Waals surface area contributed by atoms with E-state index in [1.165, 1.54) is 5.56 Å². The lowest BCUT2D eigenvalue weighted by Gasteiger charge is -2.49. The Hall–Kier alpha value is -2.31. The molecular weight excluding hydrogens is 344 g/mol. The molecule has 148 valence electrons. The van der Waals surface area contributed by atoms with Gasteiger partial charge in [0.25, 0.3) is 0 Å². The number of benzene rings is 2. The molecule has 1 fully saturated rings. The van der Waals surface area contributed by atoms with Crippen LogP contribution in [0.1, 0.15) is 51.2 Å². The standard InChI is InChI=1S/C25H32N2O/c1-19-21(10-11-22(23(19)28)20-8-6-5-7-9-20)18-27-16-13-25(12-15-26,14-17-27)24(2,3)4/h5-11,28H,12-14,16-18H2,1-4H3. The molecule has 2 aromatic rings. The van der Waals surface area contributed by atoms with Gasteiger partial charge in [-0.15, -0.1) is 0 Å². The molecule has 0 aromatic heterocycles. The minimum Gasteiger partial charge on any atom is -0.507 e. The average Bonchev–Trinajstić information content (AvgIpc) is 2.67. The van der Waals surface area contributed by atoms with Crippen LogP contribution in [0.5, 0.6) is 5.75 Å². The summed E-state index contributed by atoms with van der Waals surface area (Å²) in [4.78, 5) is 2.46. The van der Waals surface area contributed by atoms with E-state index >= 15 is 0 Å². The van der Waals surface area contributed by atoms with Gasteiger partial charge in [0.1, 0.15) is 5.75 Å². The van der Waals surface area contributed by atoms with Gasteiger partial charge < -0.3 is 5.11 Å². The van der Waals surface area contributed by atoms with Crippen LogP contribution in [-0.4, -0.2) is 23.1 Å². The van der Waals surface area contributed by atoms with Gasteiger partial charge in [-0.3, -0.25) is 4.90 Å².